The highest BCUT2D eigenvalue weighted by Crippen LogP contribution is 2.23. The Labute approximate surface area is 116 Å². The summed E-state index contributed by atoms with van der Waals surface area (Å²) in [6.07, 6.45) is -2.49. The van der Waals surface area contributed by atoms with Gasteiger partial charge in [-0.3, -0.25) is 4.90 Å². The third-order valence-electron chi connectivity index (χ3n) is 3.33. The van der Waals surface area contributed by atoms with Crippen LogP contribution in [0.1, 0.15) is 12.8 Å². The van der Waals surface area contributed by atoms with Crippen LogP contribution < -0.4 is 4.74 Å². The number of nitrogens with zero attached hydrogens (tertiary/aromatic N) is 1. The molecule has 1 saturated heterocycles. The van der Waals surface area contributed by atoms with Gasteiger partial charge in [-0.15, -0.1) is 0 Å². The molecular weight excluding hydrogens is 271 g/mol. The quantitative estimate of drug-likeness (QED) is 0.924. The van der Waals surface area contributed by atoms with Crippen LogP contribution in [0.15, 0.2) is 24.3 Å². The molecule has 0 amide bonds. The number of piperidine rings is 1. The van der Waals surface area contributed by atoms with Crippen LogP contribution in [-0.2, 0) is 0 Å². The highest BCUT2D eigenvalue weighted by atomic mass is 19.4. The van der Waals surface area contributed by atoms with Crippen molar-refractivity contribution in [3.8, 4) is 11.5 Å². The van der Waals surface area contributed by atoms with E-state index in [1.165, 1.54) is 17.0 Å². The zero-order chi connectivity index (χ0) is 14.6. The maximum Gasteiger partial charge on any atom is 0.401 e. The Morgan fingerprint density at radius 1 is 1.25 bits per heavy atom. The number of alkyl halides is 3. The van der Waals surface area contributed by atoms with E-state index in [0.717, 1.165) is 12.8 Å². The minimum absolute atomic E-state index is 0.111. The summed E-state index contributed by atoms with van der Waals surface area (Å²) in [7, 11) is 0. The topological polar surface area (TPSA) is 32.7 Å². The number of benzene rings is 1. The summed E-state index contributed by atoms with van der Waals surface area (Å²) in [5, 5.41) is 9.15. The van der Waals surface area contributed by atoms with E-state index in [4.69, 9.17) is 9.84 Å². The summed E-state index contributed by atoms with van der Waals surface area (Å²) in [6.45, 7) is 0.467. The Balaban J connectivity index is 1.79. The Bertz CT molecular complexity index is 419. The van der Waals surface area contributed by atoms with Crippen LogP contribution in [0.4, 0.5) is 13.2 Å². The molecule has 1 aliphatic rings. The number of ether oxygens (including phenoxy) is 1. The molecule has 0 bridgehead atoms. The van der Waals surface area contributed by atoms with Crippen molar-refractivity contribution in [1.82, 2.24) is 4.90 Å². The normalized spacial score (nSPS) is 20.9. The van der Waals surface area contributed by atoms with Gasteiger partial charge in [-0.25, -0.2) is 0 Å². The molecule has 0 unspecified atom stereocenters. The molecule has 1 fully saturated rings. The van der Waals surface area contributed by atoms with Gasteiger partial charge in [-0.2, -0.15) is 13.2 Å². The predicted octanol–water partition coefficient (Wildman–Crippen LogP) is 3.05. The molecule has 2 rings (SSSR count). The minimum atomic E-state index is -4.14. The molecule has 1 aromatic carbocycles. The van der Waals surface area contributed by atoms with Crippen molar-refractivity contribution in [2.45, 2.75) is 19.0 Å². The van der Waals surface area contributed by atoms with Gasteiger partial charge >= 0.3 is 6.18 Å². The third kappa shape index (κ3) is 4.92. The Kier molecular flexibility index (Phi) is 4.75. The number of likely N-dealkylation sites (tertiary alicyclic amines) is 1. The molecule has 3 nitrogen and oxygen atoms in total. The molecule has 112 valence electrons. The number of hydrogen-bond acceptors (Lipinski definition) is 3. The van der Waals surface area contributed by atoms with Gasteiger partial charge in [0.2, 0.25) is 0 Å². The van der Waals surface area contributed by atoms with Crippen LogP contribution in [0.5, 0.6) is 11.5 Å². The molecule has 0 radical (unpaired) electrons. The van der Waals surface area contributed by atoms with Gasteiger partial charge in [-0.1, -0.05) is 0 Å². The maximum absolute atomic E-state index is 12.4. The molecular formula is C14H18F3NO2. The van der Waals surface area contributed by atoms with E-state index in [-0.39, 0.29) is 11.7 Å². The lowest BCUT2D eigenvalue weighted by molar-refractivity contribution is -0.149. The number of phenols is 1. The zero-order valence-electron chi connectivity index (χ0n) is 11.1. The van der Waals surface area contributed by atoms with Crippen molar-refractivity contribution < 1.29 is 23.0 Å². The molecule has 6 heteroatoms. The SMILES string of the molecule is Oc1ccc(OC[C@H]2CCCN(CC(F)(F)F)C2)cc1. The third-order valence-corrected chi connectivity index (χ3v) is 3.33. The molecule has 20 heavy (non-hydrogen) atoms. The van der Waals surface area contributed by atoms with Gasteiger partial charge in [0.15, 0.2) is 0 Å². The van der Waals surface area contributed by atoms with Gasteiger partial charge in [0.1, 0.15) is 11.5 Å². The van der Waals surface area contributed by atoms with E-state index in [1.807, 2.05) is 0 Å². The van der Waals surface area contributed by atoms with Crippen molar-refractivity contribution in [2.75, 3.05) is 26.2 Å². The second-order valence-corrected chi connectivity index (χ2v) is 5.16. The minimum Gasteiger partial charge on any atom is -0.508 e. The fraction of sp³-hybridized carbons (Fsp3) is 0.571. The first-order chi connectivity index (χ1) is 9.42. The number of halogens is 3. The van der Waals surface area contributed by atoms with Gasteiger partial charge in [-0.05, 0) is 43.7 Å². The lowest BCUT2D eigenvalue weighted by atomic mass is 9.99. The van der Waals surface area contributed by atoms with Crippen LogP contribution in [0.25, 0.3) is 0 Å². The van der Waals surface area contributed by atoms with Gasteiger partial charge < -0.3 is 9.84 Å². The highest BCUT2D eigenvalue weighted by molar-refractivity contribution is 5.30. The Morgan fingerprint density at radius 3 is 2.60 bits per heavy atom. The standard InChI is InChI=1S/C14H18F3NO2/c15-14(16,17)10-18-7-1-2-11(8-18)9-20-13-5-3-12(19)4-6-13/h3-6,11,19H,1-2,7-10H2/t11-/m0/s1. The lowest BCUT2D eigenvalue weighted by Gasteiger charge is -2.32. The predicted molar refractivity (Wildman–Crippen MR) is 68.8 cm³/mol. The van der Waals surface area contributed by atoms with Crippen LogP contribution in [0.2, 0.25) is 0 Å². The van der Waals surface area contributed by atoms with Crippen molar-refractivity contribution >= 4 is 0 Å². The van der Waals surface area contributed by atoms with Crippen molar-refractivity contribution in [2.24, 2.45) is 5.92 Å². The fourth-order valence-electron chi connectivity index (χ4n) is 2.44. The van der Waals surface area contributed by atoms with Gasteiger partial charge in [0, 0.05) is 12.5 Å². The lowest BCUT2D eigenvalue weighted by Crippen LogP contribution is -2.42. The molecule has 1 heterocycles. The van der Waals surface area contributed by atoms with Crippen LogP contribution in [0.3, 0.4) is 0 Å². The van der Waals surface area contributed by atoms with Crippen LogP contribution >= 0.6 is 0 Å². The summed E-state index contributed by atoms with van der Waals surface area (Å²) in [4.78, 5) is 1.44. The summed E-state index contributed by atoms with van der Waals surface area (Å²) >= 11 is 0. The van der Waals surface area contributed by atoms with E-state index < -0.39 is 12.7 Å². The molecule has 0 spiro atoms. The van der Waals surface area contributed by atoms with Crippen molar-refractivity contribution in [3.05, 3.63) is 24.3 Å². The first-order valence-corrected chi connectivity index (χ1v) is 6.63. The largest absolute Gasteiger partial charge is 0.508 e. The molecule has 1 aromatic rings. The van der Waals surface area contributed by atoms with E-state index in [2.05, 4.69) is 0 Å². The van der Waals surface area contributed by atoms with Gasteiger partial charge in [0.05, 0.1) is 13.2 Å². The van der Waals surface area contributed by atoms with E-state index in [9.17, 15) is 13.2 Å². The fourth-order valence-corrected chi connectivity index (χ4v) is 2.44. The molecule has 1 N–H and O–H groups in total. The number of aromatic hydroxyl groups is 1. The van der Waals surface area contributed by atoms with Crippen molar-refractivity contribution in [3.63, 3.8) is 0 Å². The summed E-state index contributed by atoms with van der Waals surface area (Å²) in [5.74, 6) is 0.891. The summed E-state index contributed by atoms with van der Waals surface area (Å²) < 4.78 is 42.6. The zero-order valence-corrected chi connectivity index (χ0v) is 11.1. The van der Waals surface area contributed by atoms with Gasteiger partial charge in [0.25, 0.3) is 0 Å². The molecule has 1 aliphatic heterocycles. The molecule has 0 aliphatic carbocycles. The summed E-state index contributed by atoms with van der Waals surface area (Å²) in [5.41, 5.74) is 0. The van der Waals surface area contributed by atoms with Crippen molar-refractivity contribution in [1.29, 1.82) is 0 Å². The number of phenolic OH excluding ortho intramolecular Hbond substituents is 1. The monoisotopic (exact) mass is 289 g/mol. The maximum atomic E-state index is 12.4. The smallest absolute Gasteiger partial charge is 0.401 e. The average Bonchev–Trinajstić information content (AvgIpc) is 2.36. The Hall–Kier alpha value is -1.43. The average molecular weight is 289 g/mol. The molecule has 1 atom stereocenters. The highest BCUT2D eigenvalue weighted by Gasteiger charge is 2.33. The molecule has 0 aromatic heterocycles. The first kappa shape index (κ1) is 15.0. The summed E-state index contributed by atoms with van der Waals surface area (Å²) in [6, 6.07) is 6.33. The first-order valence-electron chi connectivity index (χ1n) is 6.63. The van der Waals surface area contributed by atoms with E-state index in [0.29, 0.717) is 25.4 Å². The Morgan fingerprint density at radius 2 is 1.95 bits per heavy atom. The van der Waals surface area contributed by atoms with E-state index in [1.54, 1.807) is 12.1 Å². The second-order valence-electron chi connectivity index (χ2n) is 5.16. The second kappa shape index (κ2) is 6.35. The van der Waals surface area contributed by atoms with Crippen LogP contribution in [-0.4, -0.2) is 42.4 Å². The number of hydrogen-bond donors (Lipinski definition) is 1. The van der Waals surface area contributed by atoms with E-state index >= 15 is 0 Å². The molecule has 0 saturated carbocycles. The van der Waals surface area contributed by atoms with Crippen LogP contribution in [0, 0.1) is 5.92 Å². The number of rotatable bonds is 4.